The number of thioether (sulfide) groups is 1. The third-order valence-electron chi connectivity index (χ3n) is 5.87. The summed E-state index contributed by atoms with van der Waals surface area (Å²) in [6.07, 6.45) is -0.667. The van der Waals surface area contributed by atoms with E-state index in [-0.39, 0.29) is 16.6 Å². The van der Waals surface area contributed by atoms with E-state index in [0.717, 1.165) is 11.1 Å². The number of carbonyl (C=O) groups excluding carboxylic acids is 3. The highest BCUT2D eigenvalue weighted by atomic mass is 35.5. The molecule has 8 heteroatoms. The van der Waals surface area contributed by atoms with E-state index in [1.165, 1.54) is 16.7 Å². The van der Waals surface area contributed by atoms with Gasteiger partial charge in [0, 0.05) is 11.3 Å². The molecule has 6 nitrogen and oxygen atoms in total. The molecule has 5 rings (SSSR count). The van der Waals surface area contributed by atoms with Gasteiger partial charge in [0.2, 0.25) is 0 Å². The molecule has 1 fully saturated rings. The van der Waals surface area contributed by atoms with Crippen molar-refractivity contribution in [2.24, 2.45) is 0 Å². The van der Waals surface area contributed by atoms with E-state index < -0.39 is 29.4 Å². The van der Waals surface area contributed by atoms with Crippen LogP contribution in [0.1, 0.15) is 27.6 Å². The lowest BCUT2D eigenvalue weighted by Crippen LogP contribution is -2.70. The number of amides is 2. The topological polar surface area (TPSA) is 75.7 Å². The van der Waals surface area contributed by atoms with Crippen LogP contribution < -0.4 is 5.32 Å². The molecule has 2 aliphatic heterocycles. The lowest BCUT2D eigenvalue weighted by atomic mass is 10.0. The third kappa shape index (κ3) is 4.57. The molecule has 0 aliphatic carbocycles. The quantitative estimate of drug-likeness (QED) is 0.395. The van der Waals surface area contributed by atoms with Gasteiger partial charge in [0.25, 0.3) is 11.8 Å². The molecule has 0 aromatic heterocycles. The largest absolute Gasteiger partial charge is 0.448 e. The monoisotopic (exact) mass is 504 g/mol. The fourth-order valence-electron chi connectivity index (χ4n) is 4.13. The average molecular weight is 505 g/mol. The van der Waals surface area contributed by atoms with Gasteiger partial charge in [0.1, 0.15) is 17.1 Å². The maximum Gasteiger partial charge on any atom is 0.357 e. The summed E-state index contributed by atoms with van der Waals surface area (Å²) in [5, 5.41) is 2.59. The van der Waals surface area contributed by atoms with Crippen molar-refractivity contribution in [1.82, 2.24) is 10.2 Å². The van der Waals surface area contributed by atoms with Crippen LogP contribution in [0, 0.1) is 0 Å². The molecule has 1 N–H and O–H groups in total. The number of ether oxygens (including phenoxy) is 1. The first-order chi connectivity index (χ1) is 17.0. The first kappa shape index (κ1) is 23.2. The average Bonchev–Trinajstić information content (AvgIpc) is 2.91. The summed E-state index contributed by atoms with van der Waals surface area (Å²) >= 11 is 7.83. The summed E-state index contributed by atoms with van der Waals surface area (Å²) in [6, 6.07) is 26.7. The zero-order chi connectivity index (χ0) is 24.4. The lowest BCUT2D eigenvalue weighted by Gasteiger charge is -2.49. The minimum atomic E-state index is -0.751. The third-order valence-corrected chi connectivity index (χ3v) is 7.62. The van der Waals surface area contributed by atoms with E-state index >= 15 is 0 Å². The summed E-state index contributed by atoms with van der Waals surface area (Å²) in [4.78, 5) is 40.4. The number of carbonyl (C=O) groups is 3. The number of hydrogen-bond acceptors (Lipinski definition) is 5. The van der Waals surface area contributed by atoms with E-state index in [1.807, 2.05) is 66.7 Å². The molecule has 2 heterocycles. The highest BCUT2D eigenvalue weighted by molar-refractivity contribution is 8.00. The van der Waals surface area contributed by atoms with Crippen LogP contribution in [0.4, 0.5) is 0 Å². The molecule has 1 saturated heterocycles. The fraction of sp³-hybridized carbons (Fsp3) is 0.148. The number of nitrogens with zero attached hydrogens (tertiary/aromatic N) is 1. The minimum Gasteiger partial charge on any atom is -0.448 e. The van der Waals surface area contributed by atoms with Gasteiger partial charge in [-0.1, -0.05) is 90.5 Å². The number of β-lactam (4-membered cyclic amide) rings is 1. The summed E-state index contributed by atoms with van der Waals surface area (Å²) in [5.41, 5.74) is 2.09. The van der Waals surface area contributed by atoms with Crippen molar-refractivity contribution in [2.75, 3.05) is 5.75 Å². The van der Waals surface area contributed by atoms with Gasteiger partial charge in [0.15, 0.2) is 6.10 Å². The van der Waals surface area contributed by atoms with E-state index in [4.69, 9.17) is 16.3 Å². The summed E-state index contributed by atoms with van der Waals surface area (Å²) < 4.78 is 5.95. The van der Waals surface area contributed by atoms with Crippen molar-refractivity contribution in [3.8, 4) is 0 Å². The van der Waals surface area contributed by atoms with Crippen LogP contribution in [0.2, 0.25) is 0 Å². The molecule has 3 aromatic carbocycles. The second kappa shape index (κ2) is 9.98. The van der Waals surface area contributed by atoms with E-state index in [0.29, 0.717) is 11.3 Å². The smallest absolute Gasteiger partial charge is 0.357 e. The van der Waals surface area contributed by atoms with Gasteiger partial charge in [0.05, 0.1) is 5.03 Å². The van der Waals surface area contributed by atoms with Gasteiger partial charge < -0.3 is 10.1 Å². The summed E-state index contributed by atoms with van der Waals surface area (Å²) in [5.74, 6) is -1.09. The first-order valence-electron chi connectivity index (χ1n) is 11.0. The van der Waals surface area contributed by atoms with Crippen molar-refractivity contribution in [3.05, 3.63) is 118 Å². The Bertz CT molecular complexity index is 1240. The second-order valence-electron chi connectivity index (χ2n) is 8.09. The molecule has 1 unspecified atom stereocenters. The van der Waals surface area contributed by atoms with Gasteiger partial charge in [-0.15, -0.1) is 11.8 Å². The number of rotatable bonds is 6. The Morgan fingerprint density at radius 3 is 2.03 bits per heavy atom. The molecule has 0 saturated carbocycles. The normalized spacial score (nSPS) is 19.1. The second-order valence-corrected chi connectivity index (χ2v) is 9.65. The first-order valence-corrected chi connectivity index (χ1v) is 12.5. The summed E-state index contributed by atoms with van der Waals surface area (Å²) in [6.45, 7) is 0. The Balaban J connectivity index is 1.36. The molecule has 0 radical (unpaired) electrons. The molecule has 2 amide bonds. The van der Waals surface area contributed by atoms with Crippen molar-refractivity contribution in [2.45, 2.75) is 17.5 Å². The molecule has 176 valence electrons. The Morgan fingerprint density at radius 2 is 1.46 bits per heavy atom. The standard InChI is InChI=1S/C27H21ClN2O4S/c28-20-16-35-26-21(29-24(31)19-14-8-3-9-15-19)25(32)30(26)22(20)27(33)34-23(17-10-4-1-5-11-17)18-12-6-2-7-13-18/h1-15,21,23,26H,16H2,(H,29,31)/t21?,26-/m0/s1. The molecule has 0 spiro atoms. The molecule has 3 aromatic rings. The molecule has 35 heavy (non-hydrogen) atoms. The molecular formula is C27H21ClN2O4S. The highest BCUT2D eigenvalue weighted by Crippen LogP contribution is 2.42. The maximum absolute atomic E-state index is 13.4. The van der Waals surface area contributed by atoms with Gasteiger partial charge in [-0.25, -0.2) is 4.79 Å². The molecule has 2 atom stereocenters. The highest BCUT2D eigenvalue weighted by Gasteiger charge is 2.54. The summed E-state index contributed by atoms with van der Waals surface area (Å²) in [7, 11) is 0. The zero-order valence-electron chi connectivity index (χ0n) is 18.5. The molecular weight excluding hydrogens is 484 g/mol. The van der Waals surface area contributed by atoms with Gasteiger partial charge >= 0.3 is 5.97 Å². The number of hydrogen-bond donors (Lipinski definition) is 1. The van der Waals surface area contributed by atoms with Crippen LogP contribution in [0.25, 0.3) is 0 Å². The number of halogens is 1. The van der Waals surface area contributed by atoms with Gasteiger partial charge in [-0.2, -0.15) is 0 Å². The minimum absolute atomic E-state index is 0.0301. The van der Waals surface area contributed by atoms with Crippen molar-refractivity contribution in [1.29, 1.82) is 0 Å². The number of fused-ring (bicyclic) bond motifs is 1. The van der Waals surface area contributed by atoms with Crippen molar-refractivity contribution < 1.29 is 19.1 Å². The van der Waals surface area contributed by atoms with Crippen LogP contribution >= 0.6 is 23.4 Å². The SMILES string of the molecule is O=C(OC(c1ccccc1)c1ccccc1)C1=C(Cl)CS[C@H]2C(NC(=O)c3ccccc3)C(=O)N12. The number of benzene rings is 3. The van der Waals surface area contributed by atoms with E-state index in [2.05, 4.69) is 5.32 Å². The van der Waals surface area contributed by atoms with Crippen LogP contribution in [0.3, 0.4) is 0 Å². The van der Waals surface area contributed by atoms with Crippen LogP contribution in [0.15, 0.2) is 102 Å². The van der Waals surface area contributed by atoms with Crippen LogP contribution in [-0.4, -0.2) is 39.9 Å². The molecule has 2 aliphatic rings. The van der Waals surface area contributed by atoms with Crippen molar-refractivity contribution in [3.63, 3.8) is 0 Å². The Morgan fingerprint density at radius 1 is 0.914 bits per heavy atom. The Labute approximate surface area is 211 Å². The van der Waals surface area contributed by atoms with Crippen LogP contribution in [-0.2, 0) is 14.3 Å². The van der Waals surface area contributed by atoms with Crippen molar-refractivity contribution >= 4 is 41.1 Å². The molecule has 0 bridgehead atoms. The lowest BCUT2D eigenvalue weighted by molar-refractivity contribution is -0.153. The predicted octanol–water partition coefficient (Wildman–Crippen LogP) is 4.48. The Kier molecular flexibility index (Phi) is 6.61. The fourth-order valence-corrected chi connectivity index (χ4v) is 5.68. The van der Waals surface area contributed by atoms with E-state index in [9.17, 15) is 14.4 Å². The van der Waals surface area contributed by atoms with Gasteiger partial charge in [-0.3, -0.25) is 14.5 Å². The predicted molar refractivity (Wildman–Crippen MR) is 134 cm³/mol. The zero-order valence-corrected chi connectivity index (χ0v) is 20.0. The van der Waals surface area contributed by atoms with E-state index in [1.54, 1.807) is 24.3 Å². The van der Waals surface area contributed by atoms with Gasteiger partial charge in [-0.05, 0) is 23.3 Å². The number of nitrogens with one attached hydrogen (secondary N) is 1. The van der Waals surface area contributed by atoms with Crippen LogP contribution in [0.5, 0.6) is 0 Å². The maximum atomic E-state index is 13.4. The Hall–Kier alpha value is -3.55. The number of esters is 1.